The first kappa shape index (κ1) is 34.1. The molecule has 4 unspecified atom stereocenters. The van der Waals surface area contributed by atoms with Crippen molar-refractivity contribution in [2.75, 3.05) is 28.2 Å². The molecule has 0 fully saturated rings. The van der Waals surface area contributed by atoms with Crippen molar-refractivity contribution in [3.63, 3.8) is 0 Å². The van der Waals surface area contributed by atoms with Gasteiger partial charge in [-0.1, -0.05) is 48.6 Å². The number of H-pyrrole nitrogens is 2. The highest BCUT2D eigenvalue weighted by molar-refractivity contribution is 5.92. The summed E-state index contributed by atoms with van der Waals surface area (Å²) < 4.78 is 0. The summed E-state index contributed by atoms with van der Waals surface area (Å²) in [6.45, 7) is 0. The number of hydrogen-bond acceptors (Lipinski definition) is 6. The molecular formula is C44H43ClN8. The number of nitrogens with one attached hydrogen (secondary N) is 2. The van der Waals surface area contributed by atoms with Crippen molar-refractivity contribution in [2.24, 2.45) is 0 Å². The normalized spacial score (nSPS) is 22.6. The zero-order valence-corrected chi connectivity index (χ0v) is 31.1. The fraction of sp³-hybridized carbons (Fsp3) is 0.182. The van der Waals surface area contributed by atoms with Crippen molar-refractivity contribution in [2.45, 2.75) is 24.2 Å². The highest BCUT2D eigenvalue weighted by Crippen LogP contribution is 2.45. The monoisotopic (exact) mass is 718 g/mol. The van der Waals surface area contributed by atoms with E-state index in [2.05, 4.69) is 204 Å². The van der Waals surface area contributed by atoms with Gasteiger partial charge in [0.1, 0.15) is 0 Å². The maximum Gasteiger partial charge on any atom is 0.0770 e. The largest absolute Gasteiger partial charge is 0.370 e. The highest BCUT2D eigenvalue weighted by Gasteiger charge is 2.34. The molecule has 9 heterocycles. The van der Waals surface area contributed by atoms with Crippen LogP contribution in [0.15, 0.2) is 128 Å². The smallest absolute Gasteiger partial charge is 0.0770 e. The lowest BCUT2D eigenvalue weighted by molar-refractivity contribution is 0.366. The molecule has 0 saturated carbocycles. The third kappa shape index (κ3) is 6.19. The van der Waals surface area contributed by atoms with E-state index in [9.17, 15) is 0 Å². The topological polar surface area (TPSA) is 70.3 Å². The van der Waals surface area contributed by atoms with Crippen LogP contribution in [-0.2, 0) is 0 Å². The second-order valence-corrected chi connectivity index (χ2v) is 14.1. The Bertz CT molecular complexity index is 2430. The molecule has 0 saturated heterocycles. The first-order valence-corrected chi connectivity index (χ1v) is 17.9. The number of fused-ring (bicyclic) bond motifs is 8. The minimum absolute atomic E-state index is 0. The number of likely N-dealkylation sites (N-methyl/N-ethyl adjacent to an activating group) is 4. The van der Waals surface area contributed by atoms with E-state index in [-0.39, 0.29) is 36.6 Å². The molecule has 2 N–H and O–H groups in total. The van der Waals surface area contributed by atoms with Crippen molar-refractivity contribution < 1.29 is 0 Å². The molecule has 6 aliphatic rings. The summed E-state index contributed by atoms with van der Waals surface area (Å²) in [5.74, 6) is 0. The van der Waals surface area contributed by atoms with E-state index in [1.807, 2.05) is 0 Å². The minimum atomic E-state index is -0.0970. The molecule has 6 aliphatic heterocycles. The van der Waals surface area contributed by atoms with Crippen molar-refractivity contribution in [1.82, 2.24) is 39.5 Å². The van der Waals surface area contributed by atoms with Crippen LogP contribution in [0.3, 0.4) is 0 Å². The Kier molecular flexibility index (Phi) is 8.92. The number of nitrogens with zero attached hydrogens (tertiary/aromatic N) is 6. The Hall–Kier alpha value is -5.99. The molecule has 0 aliphatic carbocycles. The molecule has 0 spiro atoms. The lowest BCUT2D eigenvalue weighted by Gasteiger charge is -2.33. The van der Waals surface area contributed by atoms with E-state index >= 15 is 0 Å². The van der Waals surface area contributed by atoms with Crippen LogP contribution in [0.1, 0.15) is 57.6 Å². The van der Waals surface area contributed by atoms with Gasteiger partial charge in [-0.05, 0) is 97.7 Å². The van der Waals surface area contributed by atoms with Gasteiger partial charge in [0.25, 0.3) is 0 Å². The number of aromatic amines is 2. The molecule has 4 atom stereocenters. The summed E-state index contributed by atoms with van der Waals surface area (Å²) in [7, 11) is 8.62. The molecule has 3 aromatic rings. The Morgan fingerprint density at radius 2 is 1.00 bits per heavy atom. The van der Waals surface area contributed by atoms with Gasteiger partial charge in [-0.2, -0.15) is 0 Å². The highest BCUT2D eigenvalue weighted by atomic mass is 35.5. The Balaban J connectivity index is 0.00000400. The zero-order chi connectivity index (χ0) is 35.3. The molecule has 0 radical (unpaired) electrons. The Morgan fingerprint density at radius 1 is 0.509 bits per heavy atom. The van der Waals surface area contributed by atoms with E-state index in [1.165, 1.54) is 11.1 Å². The van der Waals surface area contributed by atoms with Crippen LogP contribution in [0, 0.1) is 0 Å². The standard InChI is InChI=1S/C44H42N8.ClH/c1-49-21-9-5-13-36(49)34-27-33-26-31-18-17-29(45-31)25-30-19-20-32(46-30)28-35-40(37-14-6-10-22-50(37)2)41(38-15-7-11-23-51(38)3)44(48-35)42(43(34)47-33)39-16-8-12-24-52(39)4;/h5-28,36-39,45,48H,1-4H3;1H. The third-order valence-electron chi connectivity index (χ3n) is 10.6. The van der Waals surface area contributed by atoms with Gasteiger partial charge >= 0.3 is 0 Å². The van der Waals surface area contributed by atoms with Crippen molar-refractivity contribution in [3.05, 3.63) is 168 Å². The molecule has 9 rings (SSSR count). The summed E-state index contributed by atoms with van der Waals surface area (Å²) >= 11 is 0. The van der Waals surface area contributed by atoms with Crippen LogP contribution in [0.4, 0.5) is 0 Å². The van der Waals surface area contributed by atoms with Gasteiger partial charge in [-0.3, -0.25) is 0 Å². The quantitative estimate of drug-likeness (QED) is 0.220. The molecule has 0 amide bonds. The fourth-order valence-electron chi connectivity index (χ4n) is 8.05. The summed E-state index contributed by atoms with van der Waals surface area (Å²) in [5, 5.41) is 0. The molecule has 9 heteroatoms. The van der Waals surface area contributed by atoms with E-state index in [1.54, 1.807) is 0 Å². The van der Waals surface area contributed by atoms with Crippen LogP contribution >= 0.6 is 12.4 Å². The maximum atomic E-state index is 5.57. The first-order valence-electron chi connectivity index (χ1n) is 17.9. The average Bonchev–Trinajstić information content (AvgIpc) is 3.95. The van der Waals surface area contributed by atoms with E-state index < -0.39 is 0 Å². The molecule has 3 aromatic heterocycles. The SMILES string of the molecule is CN1C=CC=CC1C1=Cc2cc3ccc(cc4nc(cc5[nH]c(c(C6C=CC=CN6C)c1n2)c(C1C=CC=CN1C)c5C1C=CC=CN1C)C=C4)[nH]3.Cl. The fourth-order valence-corrected chi connectivity index (χ4v) is 8.05. The summed E-state index contributed by atoms with van der Waals surface area (Å²) in [6.07, 6.45) is 41.2. The minimum Gasteiger partial charge on any atom is -0.370 e. The van der Waals surface area contributed by atoms with Crippen molar-refractivity contribution >= 4 is 58.3 Å². The molecule has 266 valence electrons. The Labute approximate surface area is 316 Å². The molecule has 8 nitrogen and oxygen atoms in total. The second kappa shape index (κ2) is 13.9. The van der Waals surface area contributed by atoms with E-state index in [4.69, 9.17) is 9.97 Å². The predicted molar refractivity (Wildman–Crippen MR) is 221 cm³/mol. The van der Waals surface area contributed by atoms with Crippen LogP contribution in [0.25, 0.3) is 45.9 Å². The van der Waals surface area contributed by atoms with Crippen LogP contribution < -0.4 is 0 Å². The van der Waals surface area contributed by atoms with Gasteiger partial charge in [0.15, 0.2) is 0 Å². The number of aromatic nitrogens is 4. The lowest BCUT2D eigenvalue weighted by Crippen LogP contribution is -2.29. The summed E-state index contributed by atoms with van der Waals surface area (Å²) in [6, 6.07) is 10.5. The summed E-state index contributed by atoms with van der Waals surface area (Å²) in [4.78, 5) is 27.5. The number of rotatable bonds is 4. The molecule has 8 bridgehead atoms. The maximum absolute atomic E-state index is 5.57. The molecule has 53 heavy (non-hydrogen) atoms. The Morgan fingerprint density at radius 3 is 1.57 bits per heavy atom. The first-order chi connectivity index (χ1) is 25.4. The van der Waals surface area contributed by atoms with Gasteiger partial charge in [0, 0.05) is 67.0 Å². The van der Waals surface area contributed by atoms with Crippen molar-refractivity contribution in [3.8, 4) is 0 Å². The summed E-state index contributed by atoms with van der Waals surface area (Å²) in [5.41, 5.74) is 12.5. The molecular weight excluding hydrogens is 676 g/mol. The van der Waals surface area contributed by atoms with Gasteiger partial charge in [-0.25, -0.2) is 9.97 Å². The van der Waals surface area contributed by atoms with Crippen LogP contribution in [-0.4, -0.2) is 73.8 Å². The van der Waals surface area contributed by atoms with Gasteiger partial charge < -0.3 is 29.6 Å². The van der Waals surface area contributed by atoms with Crippen LogP contribution in [0.2, 0.25) is 0 Å². The van der Waals surface area contributed by atoms with E-state index in [0.717, 1.165) is 56.0 Å². The predicted octanol–water partition coefficient (Wildman–Crippen LogP) is 9.00. The van der Waals surface area contributed by atoms with Crippen LogP contribution in [0.5, 0.6) is 0 Å². The molecule has 0 aromatic carbocycles. The zero-order valence-electron chi connectivity index (χ0n) is 30.3. The van der Waals surface area contributed by atoms with E-state index in [0.29, 0.717) is 0 Å². The van der Waals surface area contributed by atoms with Gasteiger partial charge in [-0.15, -0.1) is 12.4 Å². The number of halogens is 1. The number of allylic oxidation sites excluding steroid dienone is 8. The third-order valence-corrected chi connectivity index (χ3v) is 10.6. The van der Waals surface area contributed by atoms with Gasteiger partial charge in [0.2, 0.25) is 0 Å². The lowest BCUT2D eigenvalue weighted by atomic mass is 9.88. The number of hydrogen-bond donors (Lipinski definition) is 2. The van der Waals surface area contributed by atoms with Crippen molar-refractivity contribution in [1.29, 1.82) is 0 Å². The van der Waals surface area contributed by atoms with Gasteiger partial charge in [0.05, 0.1) is 52.5 Å². The average molecular weight is 719 g/mol. The second-order valence-electron chi connectivity index (χ2n) is 14.1.